The fourth-order valence-corrected chi connectivity index (χ4v) is 4.45. The Bertz CT molecular complexity index is 907. The molecule has 0 aromatic heterocycles. The highest BCUT2D eigenvalue weighted by molar-refractivity contribution is 7.89. The van der Waals surface area contributed by atoms with Crippen molar-refractivity contribution in [3.63, 3.8) is 0 Å². The summed E-state index contributed by atoms with van der Waals surface area (Å²) in [6.45, 7) is 4.61. The average molecular weight is 358 g/mol. The highest BCUT2D eigenvalue weighted by atomic mass is 32.2. The summed E-state index contributed by atoms with van der Waals surface area (Å²) in [4.78, 5) is 14.0. The molecule has 0 saturated heterocycles. The second-order valence-corrected chi connectivity index (χ2v) is 7.93. The number of amides is 1. The van der Waals surface area contributed by atoms with Crippen molar-refractivity contribution >= 4 is 21.6 Å². The number of hydrogen-bond donors (Lipinski definition) is 1. The standard InChI is InChI=1S/C19H22N2O3S/c1-3-21-17-10-8-15(12-16(17)9-11-19(21)22)13-20-25(23,24)18-7-5-4-6-14(18)2/h4-8,10,12,20H,3,9,11,13H2,1-2H3. The number of hydrogen-bond acceptors (Lipinski definition) is 3. The zero-order chi connectivity index (χ0) is 18.0. The van der Waals surface area contributed by atoms with E-state index in [-0.39, 0.29) is 12.5 Å². The third-order valence-corrected chi connectivity index (χ3v) is 6.07. The lowest BCUT2D eigenvalue weighted by Crippen LogP contribution is -2.34. The molecule has 3 rings (SSSR count). The number of rotatable bonds is 5. The van der Waals surface area contributed by atoms with E-state index in [0.717, 1.165) is 22.4 Å². The molecule has 132 valence electrons. The fourth-order valence-electron chi connectivity index (χ4n) is 3.18. The SMILES string of the molecule is CCN1C(=O)CCc2cc(CNS(=O)(=O)c3ccccc3C)ccc21. The molecule has 2 aromatic rings. The van der Waals surface area contributed by atoms with Crippen molar-refractivity contribution in [2.45, 2.75) is 38.1 Å². The molecule has 1 aliphatic heterocycles. The Kier molecular flexibility index (Phi) is 4.92. The van der Waals surface area contributed by atoms with Crippen LogP contribution in [-0.4, -0.2) is 20.9 Å². The number of carbonyl (C=O) groups is 1. The molecule has 2 aromatic carbocycles. The highest BCUT2D eigenvalue weighted by Crippen LogP contribution is 2.28. The van der Waals surface area contributed by atoms with E-state index in [0.29, 0.717) is 24.3 Å². The lowest BCUT2D eigenvalue weighted by Gasteiger charge is -2.28. The van der Waals surface area contributed by atoms with E-state index in [1.165, 1.54) is 0 Å². The van der Waals surface area contributed by atoms with Crippen LogP contribution in [0.3, 0.4) is 0 Å². The van der Waals surface area contributed by atoms with Gasteiger partial charge >= 0.3 is 0 Å². The van der Waals surface area contributed by atoms with Crippen LogP contribution in [0.25, 0.3) is 0 Å². The smallest absolute Gasteiger partial charge is 0.241 e. The van der Waals surface area contributed by atoms with Crippen LogP contribution in [0, 0.1) is 6.92 Å². The van der Waals surface area contributed by atoms with E-state index in [4.69, 9.17) is 0 Å². The summed E-state index contributed by atoms with van der Waals surface area (Å²) in [5, 5.41) is 0. The molecular formula is C19H22N2O3S. The molecule has 0 aliphatic carbocycles. The third-order valence-electron chi connectivity index (χ3n) is 4.51. The predicted molar refractivity (Wildman–Crippen MR) is 98.0 cm³/mol. The first-order valence-corrected chi connectivity index (χ1v) is 9.88. The van der Waals surface area contributed by atoms with E-state index in [9.17, 15) is 13.2 Å². The number of sulfonamides is 1. The molecular weight excluding hydrogens is 336 g/mol. The minimum atomic E-state index is -3.55. The lowest BCUT2D eigenvalue weighted by molar-refractivity contribution is -0.118. The summed E-state index contributed by atoms with van der Waals surface area (Å²) in [7, 11) is -3.55. The number of anilines is 1. The highest BCUT2D eigenvalue weighted by Gasteiger charge is 2.23. The first-order valence-electron chi connectivity index (χ1n) is 8.40. The first-order chi connectivity index (χ1) is 11.9. The van der Waals surface area contributed by atoms with E-state index in [1.807, 2.05) is 31.2 Å². The number of nitrogens with zero attached hydrogens (tertiary/aromatic N) is 1. The summed E-state index contributed by atoms with van der Waals surface area (Å²) in [5.74, 6) is 0.142. The van der Waals surface area contributed by atoms with Crippen molar-refractivity contribution < 1.29 is 13.2 Å². The predicted octanol–water partition coefficient (Wildman–Crippen LogP) is 2.77. The second kappa shape index (κ2) is 6.98. The van der Waals surface area contributed by atoms with Gasteiger partial charge < -0.3 is 4.90 Å². The van der Waals surface area contributed by atoms with Gasteiger partial charge in [-0.25, -0.2) is 13.1 Å². The van der Waals surface area contributed by atoms with Crippen LogP contribution in [0.2, 0.25) is 0 Å². The number of nitrogens with one attached hydrogen (secondary N) is 1. The summed E-state index contributed by atoms with van der Waals surface area (Å²) in [5.41, 5.74) is 3.64. The van der Waals surface area contributed by atoms with Crippen molar-refractivity contribution in [1.29, 1.82) is 0 Å². The Morgan fingerprint density at radius 3 is 2.60 bits per heavy atom. The monoisotopic (exact) mass is 358 g/mol. The van der Waals surface area contributed by atoms with Gasteiger partial charge in [-0.1, -0.05) is 30.3 Å². The fraction of sp³-hybridized carbons (Fsp3) is 0.316. The van der Waals surface area contributed by atoms with Gasteiger partial charge in [-0.05, 0) is 49.1 Å². The van der Waals surface area contributed by atoms with Crippen molar-refractivity contribution in [3.05, 3.63) is 59.2 Å². The number of aryl methyl sites for hydroxylation is 2. The number of carbonyl (C=O) groups excluding carboxylic acids is 1. The zero-order valence-electron chi connectivity index (χ0n) is 14.5. The summed E-state index contributed by atoms with van der Waals surface area (Å²) in [6.07, 6.45) is 1.20. The molecule has 1 N–H and O–H groups in total. The maximum absolute atomic E-state index is 12.5. The Morgan fingerprint density at radius 2 is 1.88 bits per heavy atom. The van der Waals surface area contributed by atoms with Gasteiger partial charge in [0.05, 0.1) is 4.90 Å². The van der Waals surface area contributed by atoms with Crippen LogP contribution in [-0.2, 0) is 27.8 Å². The Hall–Kier alpha value is -2.18. The largest absolute Gasteiger partial charge is 0.312 e. The maximum Gasteiger partial charge on any atom is 0.241 e. The van der Waals surface area contributed by atoms with Crippen molar-refractivity contribution in [1.82, 2.24) is 4.72 Å². The molecule has 5 nitrogen and oxygen atoms in total. The molecule has 0 fully saturated rings. The van der Waals surface area contributed by atoms with Gasteiger partial charge in [0.15, 0.2) is 0 Å². The third kappa shape index (κ3) is 3.60. The summed E-state index contributed by atoms with van der Waals surface area (Å²) >= 11 is 0. The maximum atomic E-state index is 12.5. The van der Waals surface area contributed by atoms with Crippen molar-refractivity contribution in [3.8, 4) is 0 Å². The normalized spacial score (nSPS) is 14.5. The van der Waals surface area contributed by atoms with E-state index >= 15 is 0 Å². The second-order valence-electron chi connectivity index (χ2n) is 6.19. The number of fused-ring (bicyclic) bond motifs is 1. The zero-order valence-corrected chi connectivity index (χ0v) is 15.3. The topological polar surface area (TPSA) is 66.5 Å². The van der Waals surface area contributed by atoms with Crippen LogP contribution < -0.4 is 9.62 Å². The van der Waals surface area contributed by atoms with Gasteiger partial charge in [0, 0.05) is 25.2 Å². The van der Waals surface area contributed by atoms with E-state index in [1.54, 1.807) is 30.0 Å². The molecule has 25 heavy (non-hydrogen) atoms. The molecule has 1 heterocycles. The Labute approximate surface area is 148 Å². The first kappa shape index (κ1) is 17.6. The minimum Gasteiger partial charge on any atom is -0.312 e. The van der Waals surface area contributed by atoms with Gasteiger partial charge in [-0.2, -0.15) is 0 Å². The van der Waals surface area contributed by atoms with Crippen LogP contribution in [0.4, 0.5) is 5.69 Å². The molecule has 1 amide bonds. The van der Waals surface area contributed by atoms with E-state index in [2.05, 4.69) is 4.72 Å². The summed E-state index contributed by atoms with van der Waals surface area (Å²) < 4.78 is 27.6. The average Bonchev–Trinajstić information content (AvgIpc) is 2.60. The van der Waals surface area contributed by atoms with E-state index < -0.39 is 10.0 Å². The van der Waals surface area contributed by atoms with Gasteiger partial charge in [0.25, 0.3) is 0 Å². The van der Waals surface area contributed by atoms with Crippen LogP contribution in [0.15, 0.2) is 47.4 Å². The van der Waals surface area contributed by atoms with Crippen molar-refractivity contribution in [2.75, 3.05) is 11.4 Å². The molecule has 0 saturated carbocycles. The Balaban J connectivity index is 1.79. The number of benzene rings is 2. The molecule has 6 heteroatoms. The Morgan fingerprint density at radius 1 is 1.12 bits per heavy atom. The summed E-state index contributed by atoms with van der Waals surface area (Å²) in [6, 6.07) is 12.7. The molecule has 0 atom stereocenters. The van der Waals surface area contributed by atoms with Gasteiger partial charge in [-0.3, -0.25) is 4.79 Å². The minimum absolute atomic E-state index is 0.142. The quantitative estimate of drug-likeness (QED) is 0.894. The van der Waals surface area contributed by atoms with Gasteiger partial charge in [0.2, 0.25) is 15.9 Å². The lowest BCUT2D eigenvalue weighted by atomic mass is 9.99. The molecule has 0 unspecified atom stereocenters. The molecule has 0 radical (unpaired) electrons. The van der Waals surface area contributed by atoms with Gasteiger partial charge in [-0.15, -0.1) is 0 Å². The molecule has 0 bridgehead atoms. The van der Waals surface area contributed by atoms with Gasteiger partial charge in [0.1, 0.15) is 0 Å². The van der Waals surface area contributed by atoms with Crippen molar-refractivity contribution in [2.24, 2.45) is 0 Å². The van der Waals surface area contributed by atoms with Crippen LogP contribution in [0.1, 0.15) is 30.0 Å². The van der Waals surface area contributed by atoms with Crippen LogP contribution >= 0.6 is 0 Å². The molecule has 1 aliphatic rings. The van der Waals surface area contributed by atoms with Crippen LogP contribution in [0.5, 0.6) is 0 Å². The molecule has 0 spiro atoms.